The first-order valence-electron chi connectivity index (χ1n) is 3.21. The second-order valence-electron chi connectivity index (χ2n) is 1.91. The van der Waals surface area contributed by atoms with Crippen molar-refractivity contribution in [1.82, 2.24) is 0 Å². The van der Waals surface area contributed by atoms with Crippen molar-refractivity contribution >= 4 is 0 Å². The average molecular weight is 106 g/mol. The monoisotopic (exact) mass is 106 g/mol. The maximum Gasteiger partial charge on any atom is 1.00 e. The van der Waals surface area contributed by atoms with Crippen LogP contribution in [-0.4, -0.2) is 0 Å². The summed E-state index contributed by atoms with van der Waals surface area (Å²) in [6.07, 6.45) is 6.52. The summed E-state index contributed by atoms with van der Waals surface area (Å²) in [5.41, 5.74) is 0. The zero-order valence-corrected chi connectivity index (χ0v) is 6.24. The van der Waals surface area contributed by atoms with Gasteiger partial charge in [0.25, 0.3) is 0 Å². The van der Waals surface area contributed by atoms with Gasteiger partial charge in [0, 0.05) is 0 Å². The molecule has 0 nitrogen and oxygen atoms in total. The molecule has 0 aliphatic heterocycles. The van der Waals surface area contributed by atoms with Gasteiger partial charge in [0.2, 0.25) is 0 Å². The molecule has 0 spiro atoms. The SMILES string of the molecule is [CH2-]CCCCCC.[Li+]. The molecule has 0 radical (unpaired) electrons. The third-order valence-electron chi connectivity index (χ3n) is 1.10. The first-order chi connectivity index (χ1) is 3.41. The zero-order valence-electron chi connectivity index (χ0n) is 6.24. The first-order valence-corrected chi connectivity index (χ1v) is 3.21. The van der Waals surface area contributed by atoms with E-state index in [0.29, 0.717) is 0 Å². The number of unbranched alkanes of at least 4 members (excludes halogenated alkanes) is 4. The Hall–Kier alpha value is 0.597. The van der Waals surface area contributed by atoms with Gasteiger partial charge in [-0.2, -0.15) is 6.42 Å². The normalized spacial score (nSPS) is 8.25. The molecule has 8 heavy (non-hydrogen) atoms. The summed E-state index contributed by atoms with van der Waals surface area (Å²) >= 11 is 0. The van der Waals surface area contributed by atoms with Gasteiger partial charge in [0.05, 0.1) is 0 Å². The van der Waals surface area contributed by atoms with Crippen molar-refractivity contribution in [3.05, 3.63) is 6.92 Å². The fourth-order valence-corrected chi connectivity index (χ4v) is 0.604. The fourth-order valence-electron chi connectivity index (χ4n) is 0.604. The molecule has 0 saturated heterocycles. The summed E-state index contributed by atoms with van der Waals surface area (Å²) in [5.74, 6) is 0. The van der Waals surface area contributed by atoms with Crippen LogP contribution in [0.4, 0.5) is 0 Å². The Bertz CT molecular complexity index is 23.6. The minimum absolute atomic E-state index is 0. The topological polar surface area (TPSA) is 0 Å². The van der Waals surface area contributed by atoms with E-state index in [-0.39, 0.29) is 18.9 Å². The molecule has 0 N–H and O–H groups in total. The van der Waals surface area contributed by atoms with Gasteiger partial charge in [-0.1, -0.05) is 32.6 Å². The van der Waals surface area contributed by atoms with Crippen LogP contribution >= 0.6 is 0 Å². The molecule has 0 aliphatic carbocycles. The Balaban J connectivity index is 0. The third-order valence-corrected chi connectivity index (χ3v) is 1.10. The van der Waals surface area contributed by atoms with Crippen LogP contribution in [0.3, 0.4) is 0 Å². The van der Waals surface area contributed by atoms with E-state index in [1.807, 2.05) is 0 Å². The molecule has 0 aromatic rings. The standard InChI is InChI=1S/C7H15.Li/c1-3-5-7-6-4-2;/h1,3-7H2,2H3;/q-1;+1. The van der Waals surface area contributed by atoms with E-state index in [4.69, 9.17) is 0 Å². The molecule has 0 amide bonds. The summed E-state index contributed by atoms with van der Waals surface area (Å²) in [6, 6.07) is 0. The molecular weight excluding hydrogens is 91.0 g/mol. The van der Waals surface area contributed by atoms with Crippen LogP contribution in [0, 0.1) is 6.92 Å². The van der Waals surface area contributed by atoms with Crippen molar-refractivity contribution in [1.29, 1.82) is 0 Å². The molecule has 0 atom stereocenters. The Kier molecular flexibility index (Phi) is 15.0. The largest absolute Gasteiger partial charge is 1.00 e. The fraction of sp³-hybridized carbons (Fsp3) is 0.857. The molecule has 0 aliphatic rings. The second-order valence-corrected chi connectivity index (χ2v) is 1.91. The maximum atomic E-state index is 3.76. The minimum atomic E-state index is 0. The Morgan fingerprint density at radius 3 is 2.12 bits per heavy atom. The molecule has 44 valence electrons. The van der Waals surface area contributed by atoms with Gasteiger partial charge in [-0.3, -0.25) is 0 Å². The van der Waals surface area contributed by atoms with Crippen LogP contribution in [0.5, 0.6) is 0 Å². The van der Waals surface area contributed by atoms with E-state index >= 15 is 0 Å². The summed E-state index contributed by atoms with van der Waals surface area (Å²) < 4.78 is 0. The van der Waals surface area contributed by atoms with E-state index in [2.05, 4.69) is 13.8 Å². The smallest absolute Gasteiger partial charge is 0.343 e. The van der Waals surface area contributed by atoms with E-state index < -0.39 is 0 Å². The Morgan fingerprint density at radius 1 is 1.12 bits per heavy atom. The number of hydrogen-bond donors (Lipinski definition) is 0. The molecule has 0 fully saturated rings. The average Bonchev–Trinajstić information content (AvgIpc) is 1.69. The van der Waals surface area contributed by atoms with E-state index in [0.717, 1.165) is 6.42 Å². The van der Waals surface area contributed by atoms with Crippen molar-refractivity contribution in [2.45, 2.75) is 39.0 Å². The molecule has 0 heterocycles. The first kappa shape index (κ1) is 11.4. The van der Waals surface area contributed by atoms with Crippen molar-refractivity contribution in [3.8, 4) is 0 Å². The maximum absolute atomic E-state index is 3.76. The second kappa shape index (κ2) is 10.6. The van der Waals surface area contributed by atoms with Crippen molar-refractivity contribution < 1.29 is 18.9 Å². The van der Waals surface area contributed by atoms with E-state index in [9.17, 15) is 0 Å². The van der Waals surface area contributed by atoms with Crippen LogP contribution < -0.4 is 18.9 Å². The predicted octanol–water partition coefficient (Wildman–Crippen LogP) is -0.205. The molecule has 0 rings (SSSR count). The Labute approximate surface area is 65.2 Å². The van der Waals surface area contributed by atoms with Crippen molar-refractivity contribution in [2.75, 3.05) is 0 Å². The summed E-state index contributed by atoms with van der Waals surface area (Å²) in [5, 5.41) is 0. The quantitative estimate of drug-likeness (QED) is 0.264. The van der Waals surface area contributed by atoms with Crippen molar-refractivity contribution in [3.63, 3.8) is 0 Å². The summed E-state index contributed by atoms with van der Waals surface area (Å²) in [7, 11) is 0. The third kappa shape index (κ3) is 9.78. The van der Waals surface area contributed by atoms with Gasteiger partial charge in [0.1, 0.15) is 0 Å². The number of rotatable bonds is 4. The summed E-state index contributed by atoms with van der Waals surface area (Å²) in [6.45, 7) is 5.98. The molecule has 0 saturated carbocycles. The molecule has 0 bridgehead atoms. The van der Waals surface area contributed by atoms with Gasteiger partial charge in [0.15, 0.2) is 0 Å². The molecule has 1 heteroatoms. The van der Waals surface area contributed by atoms with Gasteiger partial charge >= 0.3 is 18.9 Å². The van der Waals surface area contributed by atoms with Crippen LogP contribution in [0.25, 0.3) is 0 Å². The van der Waals surface area contributed by atoms with Gasteiger partial charge < -0.3 is 6.92 Å². The van der Waals surface area contributed by atoms with Crippen LogP contribution in [-0.2, 0) is 0 Å². The van der Waals surface area contributed by atoms with Gasteiger partial charge in [-0.05, 0) is 0 Å². The summed E-state index contributed by atoms with van der Waals surface area (Å²) in [4.78, 5) is 0. The molecular formula is C7H15Li. The van der Waals surface area contributed by atoms with E-state index in [1.54, 1.807) is 0 Å². The number of hydrogen-bond acceptors (Lipinski definition) is 0. The van der Waals surface area contributed by atoms with Crippen LogP contribution in [0.2, 0.25) is 0 Å². The van der Waals surface area contributed by atoms with Crippen LogP contribution in [0.1, 0.15) is 39.0 Å². The van der Waals surface area contributed by atoms with Crippen LogP contribution in [0.15, 0.2) is 0 Å². The molecule has 0 aromatic carbocycles. The molecule has 0 unspecified atom stereocenters. The Morgan fingerprint density at radius 2 is 1.75 bits per heavy atom. The van der Waals surface area contributed by atoms with E-state index in [1.165, 1.54) is 25.7 Å². The zero-order chi connectivity index (χ0) is 5.54. The van der Waals surface area contributed by atoms with Crippen molar-refractivity contribution in [2.24, 2.45) is 0 Å². The minimum Gasteiger partial charge on any atom is -0.343 e. The van der Waals surface area contributed by atoms with Gasteiger partial charge in [-0.15, -0.1) is 0 Å². The predicted molar refractivity (Wildman–Crippen MR) is 34.1 cm³/mol. The van der Waals surface area contributed by atoms with Gasteiger partial charge in [-0.25, -0.2) is 0 Å². The molecule has 0 aromatic heterocycles.